The minimum absolute atomic E-state index is 0.00843. The van der Waals surface area contributed by atoms with Crippen molar-refractivity contribution in [3.63, 3.8) is 0 Å². The predicted octanol–water partition coefficient (Wildman–Crippen LogP) is 2.98. The number of nitriles is 1. The summed E-state index contributed by atoms with van der Waals surface area (Å²) in [7, 11) is -1.13. The molecule has 0 radical (unpaired) electrons. The Bertz CT molecular complexity index is 767. The van der Waals surface area contributed by atoms with Crippen LogP contribution in [0.4, 0.5) is 13.2 Å². The number of Topliss-reactive ketones (excluding diaryl/α,β-unsaturated/α-hetero) is 2. The van der Waals surface area contributed by atoms with Crippen LogP contribution in [-0.4, -0.2) is 27.8 Å². The molecule has 25 heavy (non-hydrogen) atoms. The first kappa shape index (κ1) is 19.3. The van der Waals surface area contributed by atoms with Crippen molar-refractivity contribution in [2.75, 3.05) is 12.0 Å². The van der Waals surface area contributed by atoms with Crippen molar-refractivity contribution >= 4 is 22.4 Å². The molecule has 2 rings (SSSR count). The van der Waals surface area contributed by atoms with Gasteiger partial charge in [0.1, 0.15) is 11.7 Å². The SMILES string of the molecule is CS(=O)CCC1CCC(=O)C(c2cc(C#N)ccc2C(F)(F)F)C1=O. The highest BCUT2D eigenvalue weighted by molar-refractivity contribution is 7.84. The fourth-order valence-electron chi connectivity index (χ4n) is 3.05. The van der Waals surface area contributed by atoms with Gasteiger partial charge in [-0.05, 0) is 36.6 Å². The Morgan fingerprint density at radius 1 is 1.32 bits per heavy atom. The predicted molar refractivity (Wildman–Crippen MR) is 85.2 cm³/mol. The number of halogens is 3. The summed E-state index contributed by atoms with van der Waals surface area (Å²) >= 11 is 0. The van der Waals surface area contributed by atoms with Gasteiger partial charge in [0, 0.05) is 35.1 Å². The normalized spacial score (nSPS) is 22.5. The largest absolute Gasteiger partial charge is 0.416 e. The lowest BCUT2D eigenvalue weighted by atomic mass is 9.73. The van der Waals surface area contributed by atoms with E-state index in [1.807, 2.05) is 0 Å². The van der Waals surface area contributed by atoms with Crippen molar-refractivity contribution in [3.05, 3.63) is 34.9 Å². The van der Waals surface area contributed by atoms with Crippen LogP contribution in [0.5, 0.6) is 0 Å². The van der Waals surface area contributed by atoms with Gasteiger partial charge < -0.3 is 0 Å². The van der Waals surface area contributed by atoms with Gasteiger partial charge in [0.2, 0.25) is 0 Å². The molecule has 3 unspecified atom stereocenters. The Morgan fingerprint density at radius 2 is 2.00 bits per heavy atom. The van der Waals surface area contributed by atoms with Gasteiger partial charge in [0.25, 0.3) is 0 Å². The molecule has 1 saturated carbocycles. The van der Waals surface area contributed by atoms with Crippen LogP contribution in [0.2, 0.25) is 0 Å². The molecule has 1 aliphatic carbocycles. The molecule has 1 aromatic carbocycles. The molecule has 0 heterocycles. The van der Waals surface area contributed by atoms with Gasteiger partial charge in [-0.3, -0.25) is 13.8 Å². The van der Waals surface area contributed by atoms with E-state index < -0.39 is 51.5 Å². The van der Waals surface area contributed by atoms with Gasteiger partial charge in [-0.15, -0.1) is 0 Å². The first-order chi connectivity index (χ1) is 11.6. The lowest BCUT2D eigenvalue weighted by Gasteiger charge is -2.28. The highest BCUT2D eigenvalue weighted by Crippen LogP contribution is 2.40. The molecule has 0 aromatic heterocycles. The standard InChI is InChI=1S/C17H16F3NO3S/c1-25(24)7-6-11-3-5-14(22)15(16(11)23)12-8-10(9-21)2-4-13(12)17(18,19)20/h2,4,8,11,15H,3,5-7H2,1H3. The van der Waals surface area contributed by atoms with E-state index in [4.69, 9.17) is 5.26 Å². The van der Waals surface area contributed by atoms with Gasteiger partial charge in [-0.25, -0.2) is 0 Å². The van der Waals surface area contributed by atoms with Crippen LogP contribution in [0.15, 0.2) is 18.2 Å². The Kier molecular flexibility index (Phi) is 5.78. The maximum Gasteiger partial charge on any atom is 0.416 e. The van der Waals surface area contributed by atoms with Gasteiger partial charge in [-0.2, -0.15) is 18.4 Å². The van der Waals surface area contributed by atoms with E-state index in [1.54, 1.807) is 6.07 Å². The van der Waals surface area contributed by atoms with Crippen molar-refractivity contribution in [2.45, 2.75) is 31.4 Å². The topological polar surface area (TPSA) is 75.0 Å². The van der Waals surface area contributed by atoms with E-state index in [2.05, 4.69) is 0 Å². The molecule has 1 fully saturated rings. The second kappa shape index (κ2) is 7.48. The summed E-state index contributed by atoms with van der Waals surface area (Å²) in [6.45, 7) is 0. The average Bonchev–Trinajstić information content (AvgIpc) is 2.52. The minimum Gasteiger partial charge on any atom is -0.299 e. The van der Waals surface area contributed by atoms with Gasteiger partial charge in [-0.1, -0.05) is 0 Å². The van der Waals surface area contributed by atoms with E-state index in [1.165, 1.54) is 6.26 Å². The fraction of sp³-hybridized carbons (Fsp3) is 0.471. The summed E-state index contributed by atoms with van der Waals surface area (Å²) in [6.07, 6.45) is -2.74. The van der Waals surface area contributed by atoms with E-state index in [0.29, 0.717) is 0 Å². The highest BCUT2D eigenvalue weighted by Gasteiger charge is 2.43. The summed E-state index contributed by atoms with van der Waals surface area (Å²) < 4.78 is 51.1. The smallest absolute Gasteiger partial charge is 0.299 e. The number of nitrogens with zero attached hydrogens (tertiary/aromatic N) is 1. The molecule has 1 aliphatic rings. The molecule has 3 atom stereocenters. The Labute approximate surface area is 145 Å². The number of hydrogen-bond donors (Lipinski definition) is 0. The Balaban J connectivity index is 2.47. The van der Waals surface area contributed by atoms with Crippen molar-refractivity contribution < 1.29 is 27.0 Å². The Hall–Kier alpha value is -2.01. The average molecular weight is 371 g/mol. The van der Waals surface area contributed by atoms with E-state index in [-0.39, 0.29) is 30.6 Å². The molecule has 0 N–H and O–H groups in total. The second-order valence-corrected chi connectivity index (χ2v) is 7.57. The fourth-order valence-corrected chi connectivity index (χ4v) is 3.66. The number of carbonyl (C=O) groups is 2. The second-order valence-electron chi connectivity index (χ2n) is 6.01. The molecule has 0 spiro atoms. The zero-order chi connectivity index (χ0) is 18.8. The molecular weight excluding hydrogens is 355 g/mol. The molecular formula is C17H16F3NO3S. The number of ketones is 2. The number of rotatable bonds is 4. The quantitative estimate of drug-likeness (QED) is 0.763. The van der Waals surface area contributed by atoms with E-state index in [0.717, 1.165) is 18.2 Å². The summed E-state index contributed by atoms with van der Waals surface area (Å²) in [5.74, 6) is -3.02. The van der Waals surface area contributed by atoms with Crippen molar-refractivity contribution in [1.82, 2.24) is 0 Å². The van der Waals surface area contributed by atoms with Gasteiger partial charge in [0.15, 0.2) is 5.78 Å². The first-order valence-electron chi connectivity index (χ1n) is 7.63. The summed E-state index contributed by atoms with van der Waals surface area (Å²) in [5, 5.41) is 8.95. The summed E-state index contributed by atoms with van der Waals surface area (Å²) in [6, 6.07) is 4.46. The van der Waals surface area contributed by atoms with E-state index in [9.17, 15) is 27.0 Å². The lowest BCUT2D eigenvalue weighted by Crippen LogP contribution is -2.35. The molecule has 0 saturated heterocycles. The van der Waals surface area contributed by atoms with Gasteiger partial charge in [0.05, 0.1) is 17.2 Å². The minimum atomic E-state index is -4.73. The number of carbonyl (C=O) groups excluding carboxylic acids is 2. The molecule has 0 bridgehead atoms. The third kappa shape index (κ3) is 4.34. The van der Waals surface area contributed by atoms with Crippen molar-refractivity contribution in [2.24, 2.45) is 5.92 Å². The molecule has 8 heteroatoms. The maximum atomic E-state index is 13.3. The number of alkyl halides is 3. The zero-order valence-electron chi connectivity index (χ0n) is 13.4. The molecule has 0 aliphatic heterocycles. The van der Waals surface area contributed by atoms with Crippen LogP contribution in [0.25, 0.3) is 0 Å². The molecule has 4 nitrogen and oxygen atoms in total. The lowest BCUT2D eigenvalue weighted by molar-refractivity contribution is -0.140. The summed E-state index contributed by atoms with van der Waals surface area (Å²) in [5.41, 5.74) is -1.57. The van der Waals surface area contributed by atoms with Crippen LogP contribution in [-0.2, 0) is 26.6 Å². The third-order valence-electron chi connectivity index (χ3n) is 4.30. The summed E-state index contributed by atoms with van der Waals surface area (Å²) in [4.78, 5) is 24.9. The van der Waals surface area contributed by atoms with Crippen LogP contribution < -0.4 is 0 Å². The monoisotopic (exact) mass is 371 g/mol. The van der Waals surface area contributed by atoms with E-state index >= 15 is 0 Å². The van der Waals surface area contributed by atoms with Gasteiger partial charge >= 0.3 is 6.18 Å². The maximum absolute atomic E-state index is 13.3. The number of hydrogen-bond acceptors (Lipinski definition) is 4. The third-order valence-corrected chi connectivity index (χ3v) is 5.11. The van der Waals surface area contributed by atoms with Crippen LogP contribution in [0.3, 0.4) is 0 Å². The highest BCUT2D eigenvalue weighted by atomic mass is 32.2. The zero-order valence-corrected chi connectivity index (χ0v) is 14.2. The van der Waals surface area contributed by atoms with Crippen LogP contribution in [0, 0.1) is 17.2 Å². The van der Waals surface area contributed by atoms with Crippen LogP contribution >= 0.6 is 0 Å². The molecule has 0 amide bonds. The van der Waals surface area contributed by atoms with Crippen molar-refractivity contribution in [1.29, 1.82) is 5.26 Å². The number of benzene rings is 1. The Morgan fingerprint density at radius 3 is 2.56 bits per heavy atom. The molecule has 1 aromatic rings. The molecule has 134 valence electrons. The van der Waals surface area contributed by atoms with Crippen LogP contribution in [0.1, 0.15) is 41.9 Å². The first-order valence-corrected chi connectivity index (χ1v) is 9.35. The van der Waals surface area contributed by atoms with Crippen molar-refractivity contribution in [3.8, 4) is 6.07 Å².